The number of nitrogens with zero attached hydrogens (tertiary/aromatic N) is 1. The average Bonchev–Trinajstić information content (AvgIpc) is 2.25. The Kier molecular flexibility index (Phi) is 8.51. The molecule has 0 bridgehead atoms. The number of allylic oxidation sites excluding steroid dienone is 1. The third kappa shape index (κ3) is 5.84. The van der Waals surface area contributed by atoms with Gasteiger partial charge in [0.1, 0.15) is 0 Å². The summed E-state index contributed by atoms with van der Waals surface area (Å²) in [4.78, 5) is 2.37. The Bertz CT molecular complexity index is 269. The van der Waals surface area contributed by atoms with Gasteiger partial charge in [0.15, 0.2) is 0 Å². The Hall–Kier alpha value is -0.483. The van der Waals surface area contributed by atoms with Gasteiger partial charge in [-0.1, -0.05) is 49.4 Å². The summed E-state index contributed by atoms with van der Waals surface area (Å²) in [6, 6.07) is 10.5. The van der Waals surface area contributed by atoms with Crippen LogP contribution in [0.5, 0.6) is 0 Å². The third-order valence-electron chi connectivity index (χ3n) is 2.23. The molecule has 0 atom stereocenters. The Morgan fingerprint density at radius 3 is 2.47 bits per heavy atom. The van der Waals surface area contributed by atoms with E-state index in [0.29, 0.717) is 0 Å². The van der Waals surface area contributed by atoms with E-state index in [1.54, 1.807) is 0 Å². The molecule has 0 aliphatic carbocycles. The van der Waals surface area contributed by atoms with E-state index in [4.69, 9.17) is 0 Å². The molecular weight excluding hydrogens is 177 g/mol. The molecular formula is C13H19LiN. The maximum atomic E-state index is 3.69. The molecule has 0 aliphatic rings. The van der Waals surface area contributed by atoms with E-state index in [-0.39, 0.29) is 18.9 Å². The molecule has 0 N–H and O–H groups in total. The molecule has 0 amide bonds. The molecule has 0 saturated carbocycles. The van der Waals surface area contributed by atoms with Crippen molar-refractivity contribution in [2.24, 2.45) is 0 Å². The molecule has 77 valence electrons. The average molecular weight is 196 g/mol. The SMILES string of the molecule is [CH2]/C=C/CN(CC)Cc1ccccc1.[LiH]. The van der Waals surface area contributed by atoms with Crippen LogP contribution in [0.3, 0.4) is 0 Å². The van der Waals surface area contributed by atoms with Crippen molar-refractivity contribution < 1.29 is 0 Å². The minimum absolute atomic E-state index is 0. The van der Waals surface area contributed by atoms with Crippen LogP contribution in [0.4, 0.5) is 0 Å². The first-order valence-electron chi connectivity index (χ1n) is 5.07. The number of rotatable bonds is 5. The van der Waals surface area contributed by atoms with Gasteiger partial charge in [-0.05, 0) is 19.0 Å². The molecule has 0 aromatic heterocycles. The Balaban J connectivity index is 0.00000196. The van der Waals surface area contributed by atoms with E-state index in [9.17, 15) is 0 Å². The topological polar surface area (TPSA) is 3.24 Å². The van der Waals surface area contributed by atoms with Crippen LogP contribution in [0.2, 0.25) is 0 Å². The number of hydrogen-bond donors (Lipinski definition) is 0. The first-order chi connectivity index (χ1) is 6.86. The van der Waals surface area contributed by atoms with Gasteiger partial charge in [-0.3, -0.25) is 4.90 Å². The first-order valence-corrected chi connectivity index (χ1v) is 5.07. The van der Waals surface area contributed by atoms with Gasteiger partial charge < -0.3 is 0 Å². The zero-order valence-electron chi connectivity index (χ0n) is 8.82. The second kappa shape index (κ2) is 8.80. The van der Waals surface area contributed by atoms with E-state index in [0.717, 1.165) is 19.6 Å². The van der Waals surface area contributed by atoms with E-state index in [1.807, 2.05) is 6.08 Å². The van der Waals surface area contributed by atoms with Gasteiger partial charge in [-0.15, -0.1) is 0 Å². The second-order valence-electron chi connectivity index (χ2n) is 3.28. The molecule has 0 saturated heterocycles. The zero-order chi connectivity index (χ0) is 10.2. The van der Waals surface area contributed by atoms with Crippen molar-refractivity contribution in [3.63, 3.8) is 0 Å². The molecule has 0 heterocycles. The summed E-state index contributed by atoms with van der Waals surface area (Å²) in [7, 11) is 0. The van der Waals surface area contributed by atoms with Gasteiger partial charge in [-0.25, -0.2) is 0 Å². The summed E-state index contributed by atoms with van der Waals surface area (Å²) in [6.07, 6.45) is 3.94. The van der Waals surface area contributed by atoms with Crippen LogP contribution in [0.15, 0.2) is 42.5 Å². The van der Waals surface area contributed by atoms with Crippen molar-refractivity contribution >= 4 is 18.9 Å². The Morgan fingerprint density at radius 2 is 1.93 bits per heavy atom. The van der Waals surface area contributed by atoms with Crippen molar-refractivity contribution in [2.75, 3.05) is 13.1 Å². The summed E-state index contributed by atoms with van der Waals surface area (Å²) in [5.74, 6) is 0. The fourth-order valence-corrected chi connectivity index (χ4v) is 1.37. The second-order valence-corrected chi connectivity index (χ2v) is 3.28. The molecule has 0 aliphatic heterocycles. The normalized spacial score (nSPS) is 10.6. The van der Waals surface area contributed by atoms with Gasteiger partial charge in [0.25, 0.3) is 0 Å². The Labute approximate surface area is 105 Å². The van der Waals surface area contributed by atoms with E-state index < -0.39 is 0 Å². The summed E-state index contributed by atoms with van der Waals surface area (Å²) in [6.45, 7) is 8.94. The molecule has 2 heteroatoms. The van der Waals surface area contributed by atoms with Crippen molar-refractivity contribution in [3.8, 4) is 0 Å². The van der Waals surface area contributed by atoms with Crippen molar-refractivity contribution in [1.82, 2.24) is 4.90 Å². The van der Waals surface area contributed by atoms with E-state index in [2.05, 4.69) is 55.2 Å². The summed E-state index contributed by atoms with van der Waals surface area (Å²) >= 11 is 0. The fourth-order valence-electron chi connectivity index (χ4n) is 1.37. The van der Waals surface area contributed by atoms with Crippen LogP contribution in [-0.2, 0) is 6.54 Å². The molecule has 0 spiro atoms. The van der Waals surface area contributed by atoms with Crippen LogP contribution in [0.1, 0.15) is 12.5 Å². The quantitative estimate of drug-likeness (QED) is 0.653. The van der Waals surface area contributed by atoms with Crippen LogP contribution in [0.25, 0.3) is 0 Å². The van der Waals surface area contributed by atoms with Crippen molar-refractivity contribution in [2.45, 2.75) is 13.5 Å². The molecule has 1 aromatic rings. The van der Waals surface area contributed by atoms with Crippen LogP contribution in [0, 0.1) is 6.92 Å². The van der Waals surface area contributed by atoms with Crippen LogP contribution < -0.4 is 0 Å². The maximum absolute atomic E-state index is 3.69. The predicted molar refractivity (Wildman–Crippen MR) is 69.0 cm³/mol. The van der Waals surface area contributed by atoms with Crippen molar-refractivity contribution in [3.05, 3.63) is 55.0 Å². The third-order valence-corrected chi connectivity index (χ3v) is 2.23. The molecule has 1 radical (unpaired) electrons. The molecule has 15 heavy (non-hydrogen) atoms. The van der Waals surface area contributed by atoms with Gasteiger partial charge in [0.05, 0.1) is 0 Å². The number of benzene rings is 1. The first kappa shape index (κ1) is 14.5. The van der Waals surface area contributed by atoms with Gasteiger partial charge in [0.2, 0.25) is 0 Å². The van der Waals surface area contributed by atoms with E-state index >= 15 is 0 Å². The van der Waals surface area contributed by atoms with Crippen LogP contribution >= 0.6 is 0 Å². The standard InChI is InChI=1S/C13H18N.Li.H/c1-3-5-11-14(4-2)12-13-9-7-6-8-10-13;;/h3,5-10H,1,4,11-12H2,2H3;;/b5-3+;;. The Morgan fingerprint density at radius 1 is 1.27 bits per heavy atom. The summed E-state index contributed by atoms with van der Waals surface area (Å²) in [5.41, 5.74) is 1.37. The summed E-state index contributed by atoms with van der Waals surface area (Å²) in [5, 5.41) is 0. The summed E-state index contributed by atoms with van der Waals surface area (Å²) < 4.78 is 0. The molecule has 1 nitrogen and oxygen atoms in total. The molecule has 0 fully saturated rings. The molecule has 1 aromatic carbocycles. The van der Waals surface area contributed by atoms with Gasteiger partial charge in [-0.2, -0.15) is 0 Å². The van der Waals surface area contributed by atoms with Crippen molar-refractivity contribution in [1.29, 1.82) is 0 Å². The predicted octanol–water partition coefficient (Wildman–Crippen LogP) is 2.25. The minimum atomic E-state index is 0. The van der Waals surface area contributed by atoms with Gasteiger partial charge in [0, 0.05) is 13.1 Å². The van der Waals surface area contributed by atoms with Crippen LogP contribution in [-0.4, -0.2) is 36.9 Å². The zero-order valence-corrected chi connectivity index (χ0v) is 8.82. The number of hydrogen-bond acceptors (Lipinski definition) is 1. The monoisotopic (exact) mass is 196 g/mol. The van der Waals surface area contributed by atoms with E-state index in [1.165, 1.54) is 5.56 Å². The molecule has 0 unspecified atom stereocenters. The van der Waals surface area contributed by atoms with Gasteiger partial charge >= 0.3 is 18.9 Å². The fraction of sp³-hybridized carbons (Fsp3) is 0.308. The molecule has 1 rings (SSSR count). The number of likely N-dealkylation sites (N-methyl/N-ethyl adjacent to an activating group) is 1.